The SMILES string of the molecule is CC(Nc1nccc2occc12)C1CCCC1. The lowest BCUT2D eigenvalue weighted by atomic mass is 10.00. The standard InChI is InChI=1S/C14H18N2O/c1-10(11-4-2-3-5-11)16-14-12-7-9-17-13(12)6-8-15-14/h6-11H,2-5H2,1H3,(H,15,16). The van der Waals surface area contributed by atoms with Crippen molar-refractivity contribution in [2.45, 2.75) is 38.6 Å². The molecule has 0 saturated heterocycles. The summed E-state index contributed by atoms with van der Waals surface area (Å²) in [6, 6.07) is 4.37. The Labute approximate surface area is 101 Å². The number of furan rings is 1. The van der Waals surface area contributed by atoms with E-state index in [2.05, 4.69) is 17.2 Å². The molecule has 0 aromatic carbocycles. The molecule has 1 fully saturated rings. The minimum Gasteiger partial charge on any atom is -0.464 e. The van der Waals surface area contributed by atoms with Crippen molar-refractivity contribution in [3.8, 4) is 0 Å². The predicted molar refractivity (Wildman–Crippen MR) is 69.1 cm³/mol. The summed E-state index contributed by atoms with van der Waals surface area (Å²) in [5.74, 6) is 1.75. The lowest BCUT2D eigenvalue weighted by Crippen LogP contribution is -2.24. The maximum absolute atomic E-state index is 5.39. The highest BCUT2D eigenvalue weighted by atomic mass is 16.3. The van der Waals surface area contributed by atoms with Gasteiger partial charge in [-0.2, -0.15) is 0 Å². The lowest BCUT2D eigenvalue weighted by molar-refractivity contribution is 0.481. The molecule has 2 heterocycles. The number of anilines is 1. The summed E-state index contributed by atoms with van der Waals surface area (Å²) in [4.78, 5) is 4.42. The number of rotatable bonds is 3. The van der Waals surface area contributed by atoms with E-state index in [-0.39, 0.29) is 0 Å². The van der Waals surface area contributed by atoms with E-state index >= 15 is 0 Å². The normalized spacial score (nSPS) is 18.6. The second-order valence-electron chi connectivity index (χ2n) is 4.97. The molecule has 3 nitrogen and oxygen atoms in total. The van der Waals surface area contributed by atoms with Crippen molar-refractivity contribution in [1.82, 2.24) is 4.98 Å². The summed E-state index contributed by atoms with van der Waals surface area (Å²) in [6.07, 6.45) is 8.96. The fraction of sp³-hybridized carbons (Fsp3) is 0.500. The topological polar surface area (TPSA) is 38.1 Å². The van der Waals surface area contributed by atoms with Crippen LogP contribution in [0.25, 0.3) is 11.0 Å². The average molecular weight is 230 g/mol. The summed E-state index contributed by atoms with van der Waals surface area (Å²) < 4.78 is 5.39. The Balaban J connectivity index is 1.81. The quantitative estimate of drug-likeness (QED) is 0.871. The summed E-state index contributed by atoms with van der Waals surface area (Å²) in [6.45, 7) is 2.26. The number of nitrogens with one attached hydrogen (secondary N) is 1. The fourth-order valence-corrected chi connectivity index (χ4v) is 2.80. The van der Waals surface area contributed by atoms with Gasteiger partial charge >= 0.3 is 0 Å². The number of nitrogens with zero attached hydrogens (tertiary/aromatic N) is 1. The molecule has 1 aliphatic rings. The van der Waals surface area contributed by atoms with Crippen LogP contribution in [0.2, 0.25) is 0 Å². The Morgan fingerprint density at radius 3 is 3.00 bits per heavy atom. The smallest absolute Gasteiger partial charge is 0.139 e. The van der Waals surface area contributed by atoms with Crippen LogP contribution >= 0.6 is 0 Å². The van der Waals surface area contributed by atoms with Gasteiger partial charge in [0.05, 0.1) is 11.6 Å². The number of hydrogen-bond acceptors (Lipinski definition) is 3. The molecule has 0 aliphatic heterocycles. The molecule has 2 aromatic rings. The van der Waals surface area contributed by atoms with Gasteiger partial charge in [0.2, 0.25) is 0 Å². The van der Waals surface area contributed by atoms with Gasteiger partial charge in [-0.25, -0.2) is 4.98 Å². The van der Waals surface area contributed by atoms with Crippen molar-refractivity contribution in [2.75, 3.05) is 5.32 Å². The Hall–Kier alpha value is -1.51. The molecular weight excluding hydrogens is 212 g/mol. The van der Waals surface area contributed by atoms with Crippen molar-refractivity contribution in [3.05, 3.63) is 24.6 Å². The first-order valence-electron chi connectivity index (χ1n) is 6.43. The average Bonchev–Trinajstić information content (AvgIpc) is 3.00. The Bertz CT molecular complexity index is 500. The fourth-order valence-electron chi connectivity index (χ4n) is 2.80. The first-order chi connectivity index (χ1) is 8.34. The van der Waals surface area contributed by atoms with Crippen LogP contribution in [-0.4, -0.2) is 11.0 Å². The van der Waals surface area contributed by atoms with Crippen molar-refractivity contribution in [3.63, 3.8) is 0 Å². The number of hydrogen-bond donors (Lipinski definition) is 1. The molecule has 3 heteroatoms. The zero-order valence-electron chi connectivity index (χ0n) is 10.1. The van der Waals surface area contributed by atoms with Gasteiger partial charge in [-0.05, 0) is 37.8 Å². The second-order valence-corrected chi connectivity index (χ2v) is 4.97. The van der Waals surface area contributed by atoms with E-state index in [9.17, 15) is 0 Å². The molecule has 0 radical (unpaired) electrons. The van der Waals surface area contributed by atoms with Gasteiger partial charge in [-0.1, -0.05) is 12.8 Å². The van der Waals surface area contributed by atoms with Gasteiger partial charge in [0.1, 0.15) is 11.4 Å². The van der Waals surface area contributed by atoms with Crippen LogP contribution in [0.3, 0.4) is 0 Å². The van der Waals surface area contributed by atoms with Gasteiger partial charge in [-0.15, -0.1) is 0 Å². The molecule has 1 saturated carbocycles. The van der Waals surface area contributed by atoms with E-state index in [0.29, 0.717) is 6.04 Å². The third kappa shape index (κ3) is 2.02. The van der Waals surface area contributed by atoms with Gasteiger partial charge in [-0.3, -0.25) is 0 Å². The van der Waals surface area contributed by atoms with Crippen LogP contribution < -0.4 is 5.32 Å². The van der Waals surface area contributed by atoms with Crippen molar-refractivity contribution < 1.29 is 4.42 Å². The summed E-state index contributed by atoms with van der Waals surface area (Å²) >= 11 is 0. The molecule has 0 amide bonds. The van der Waals surface area contributed by atoms with E-state index in [4.69, 9.17) is 4.42 Å². The molecule has 17 heavy (non-hydrogen) atoms. The highest BCUT2D eigenvalue weighted by molar-refractivity contribution is 5.87. The van der Waals surface area contributed by atoms with Crippen molar-refractivity contribution >= 4 is 16.8 Å². The van der Waals surface area contributed by atoms with Gasteiger partial charge in [0.15, 0.2) is 0 Å². The van der Waals surface area contributed by atoms with Crippen LogP contribution in [0.5, 0.6) is 0 Å². The first kappa shape index (κ1) is 10.6. The molecule has 0 spiro atoms. The Morgan fingerprint density at radius 2 is 2.18 bits per heavy atom. The predicted octanol–water partition coefficient (Wildman–Crippen LogP) is 3.82. The Morgan fingerprint density at radius 1 is 1.35 bits per heavy atom. The number of fused-ring (bicyclic) bond motifs is 1. The van der Waals surface area contributed by atoms with E-state index in [1.807, 2.05) is 12.1 Å². The zero-order valence-corrected chi connectivity index (χ0v) is 10.1. The number of aromatic nitrogens is 1. The second kappa shape index (κ2) is 4.40. The minimum atomic E-state index is 0.491. The molecular formula is C14H18N2O. The van der Waals surface area contributed by atoms with E-state index < -0.39 is 0 Å². The highest BCUT2D eigenvalue weighted by Gasteiger charge is 2.22. The summed E-state index contributed by atoms with van der Waals surface area (Å²) in [5.41, 5.74) is 0.904. The van der Waals surface area contributed by atoms with E-state index in [1.54, 1.807) is 12.5 Å². The molecule has 0 bridgehead atoms. The van der Waals surface area contributed by atoms with Gasteiger partial charge < -0.3 is 9.73 Å². The van der Waals surface area contributed by atoms with Crippen LogP contribution in [0.1, 0.15) is 32.6 Å². The lowest BCUT2D eigenvalue weighted by Gasteiger charge is -2.21. The van der Waals surface area contributed by atoms with Gasteiger partial charge in [0, 0.05) is 12.2 Å². The molecule has 1 aliphatic carbocycles. The van der Waals surface area contributed by atoms with Crippen molar-refractivity contribution in [2.24, 2.45) is 5.92 Å². The van der Waals surface area contributed by atoms with E-state index in [1.165, 1.54) is 25.7 Å². The van der Waals surface area contributed by atoms with Gasteiger partial charge in [0.25, 0.3) is 0 Å². The molecule has 1 N–H and O–H groups in total. The van der Waals surface area contributed by atoms with Crippen LogP contribution in [-0.2, 0) is 0 Å². The molecule has 1 atom stereocenters. The monoisotopic (exact) mass is 230 g/mol. The highest BCUT2D eigenvalue weighted by Crippen LogP contribution is 2.30. The molecule has 3 rings (SSSR count). The molecule has 2 aromatic heterocycles. The van der Waals surface area contributed by atoms with Crippen LogP contribution in [0.15, 0.2) is 29.0 Å². The third-order valence-corrected chi connectivity index (χ3v) is 3.85. The molecule has 90 valence electrons. The van der Waals surface area contributed by atoms with Crippen molar-refractivity contribution in [1.29, 1.82) is 0 Å². The van der Waals surface area contributed by atoms with E-state index in [0.717, 1.165) is 22.7 Å². The summed E-state index contributed by atoms with van der Waals surface area (Å²) in [5, 5.41) is 4.62. The minimum absolute atomic E-state index is 0.491. The maximum atomic E-state index is 5.39. The number of pyridine rings is 1. The Kier molecular flexibility index (Phi) is 2.75. The first-order valence-corrected chi connectivity index (χ1v) is 6.43. The summed E-state index contributed by atoms with van der Waals surface area (Å²) in [7, 11) is 0. The largest absolute Gasteiger partial charge is 0.464 e. The molecule has 1 unspecified atom stereocenters. The van der Waals surface area contributed by atoms with Crippen LogP contribution in [0, 0.1) is 5.92 Å². The third-order valence-electron chi connectivity index (χ3n) is 3.85. The maximum Gasteiger partial charge on any atom is 0.139 e. The van der Waals surface area contributed by atoms with Crippen LogP contribution in [0.4, 0.5) is 5.82 Å². The zero-order chi connectivity index (χ0) is 11.7.